The van der Waals surface area contributed by atoms with Gasteiger partial charge in [-0.2, -0.15) is 0 Å². The lowest BCUT2D eigenvalue weighted by molar-refractivity contribution is -0.715. The Balaban J connectivity index is 3.22. The van der Waals surface area contributed by atoms with Gasteiger partial charge in [0.2, 0.25) is 0 Å². The van der Waals surface area contributed by atoms with E-state index in [9.17, 15) is 0 Å². The highest BCUT2D eigenvalue weighted by atomic mass is 14.9. The third-order valence-electron chi connectivity index (χ3n) is 1.94. The average Bonchev–Trinajstić information content (AvgIpc) is 1.87. The first kappa shape index (κ1) is 8.96. The maximum absolute atomic E-state index is 2.44. The molecular weight excluding hydrogens is 110 g/mol. The van der Waals surface area contributed by atoms with Gasteiger partial charge in [-0.15, -0.1) is 0 Å². The molecule has 0 fully saturated rings. The standard InChI is InChI=1S/C8H19N/c1-5-7(3)9-8(4)6-2/h7-9H,5-6H2,1-4H3/p+1. The molecule has 0 heterocycles. The molecule has 0 aromatic heterocycles. The molecule has 2 N–H and O–H groups in total. The number of hydrogen-bond donors (Lipinski definition) is 1. The zero-order chi connectivity index (χ0) is 7.28. The van der Waals surface area contributed by atoms with Crippen LogP contribution in [0.25, 0.3) is 0 Å². The van der Waals surface area contributed by atoms with Gasteiger partial charge in [-0.1, -0.05) is 13.8 Å². The Labute approximate surface area is 58.8 Å². The fraction of sp³-hybridized carbons (Fsp3) is 1.00. The van der Waals surface area contributed by atoms with E-state index in [1.807, 2.05) is 0 Å². The number of nitrogens with two attached hydrogens (primary N) is 1. The van der Waals surface area contributed by atoms with Crippen LogP contribution >= 0.6 is 0 Å². The van der Waals surface area contributed by atoms with Crippen molar-refractivity contribution in [1.29, 1.82) is 0 Å². The Bertz CT molecular complexity index is 53.6. The topological polar surface area (TPSA) is 16.6 Å². The van der Waals surface area contributed by atoms with Crippen LogP contribution in [0.5, 0.6) is 0 Å². The molecule has 0 bridgehead atoms. The van der Waals surface area contributed by atoms with Gasteiger partial charge < -0.3 is 5.32 Å². The molecule has 0 rings (SSSR count). The molecular formula is C8H20N+. The van der Waals surface area contributed by atoms with Crippen LogP contribution in [0.4, 0.5) is 0 Å². The summed E-state index contributed by atoms with van der Waals surface area (Å²) in [5.41, 5.74) is 0. The van der Waals surface area contributed by atoms with Crippen molar-refractivity contribution in [3.8, 4) is 0 Å². The van der Waals surface area contributed by atoms with Gasteiger partial charge in [-0.25, -0.2) is 0 Å². The normalized spacial score (nSPS) is 17.3. The van der Waals surface area contributed by atoms with Gasteiger partial charge in [0.25, 0.3) is 0 Å². The Kier molecular flexibility index (Phi) is 4.78. The summed E-state index contributed by atoms with van der Waals surface area (Å²) in [5.74, 6) is 0. The van der Waals surface area contributed by atoms with Crippen molar-refractivity contribution in [3.63, 3.8) is 0 Å². The van der Waals surface area contributed by atoms with E-state index >= 15 is 0 Å². The largest absolute Gasteiger partial charge is 0.342 e. The van der Waals surface area contributed by atoms with E-state index in [0.717, 1.165) is 12.1 Å². The van der Waals surface area contributed by atoms with Crippen molar-refractivity contribution in [1.82, 2.24) is 0 Å². The van der Waals surface area contributed by atoms with Crippen molar-refractivity contribution in [2.45, 2.75) is 52.6 Å². The second-order valence-corrected chi connectivity index (χ2v) is 2.96. The van der Waals surface area contributed by atoms with Crippen LogP contribution in [0.1, 0.15) is 40.5 Å². The minimum atomic E-state index is 0.806. The minimum Gasteiger partial charge on any atom is -0.342 e. The summed E-state index contributed by atoms with van der Waals surface area (Å²) in [6.07, 6.45) is 2.56. The van der Waals surface area contributed by atoms with Gasteiger partial charge in [-0.05, 0) is 26.7 Å². The molecule has 1 heteroatoms. The molecule has 0 aromatic rings. The molecule has 0 saturated carbocycles. The quantitative estimate of drug-likeness (QED) is 0.588. The van der Waals surface area contributed by atoms with Gasteiger partial charge in [0.1, 0.15) is 0 Å². The summed E-state index contributed by atoms with van der Waals surface area (Å²) in [7, 11) is 0. The number of quaternary nitrogens is 1. The minimum absolute atomic E-state index is 0.806. The van der Waals surface area contributed by atoms with E-state index in [2.05, 4.69) is 33.0 Å². The summed E-state index contributed by atoms with van der Waals surface area (Å²) < 4.78 is 0. The van der Waals surface area contributed by atoms with Crippen molar-refractivity contribution in [2.24, 2.45) is 0 Å². The van der Waals surface area contributed by atoms with Crippen LogP contribution < -0.4 is 5.32 Å². The van der Waals surface area contributed by atoms with Crippen molar-refractivity contribution >= 4 is 0 Å². The summed E-state index contributed by atoms with van der Waals surface area (Å²) >= 11 is 0. The molecule has 0 aliphatic rings. The van der Waals surface area contributed by atoms with Crippen molar-refractivity contribution in [2.75, 3.05) is 0 Å². The van der Waals surface area contributed by atoms with Crippen molar-refractivity contribution in [3.05, 3.63) is 0 Å². The van der Waals surface area contributed by atoms with E-state index in [1.165, 1.54) is 12.8 Å². The molecule has 0 radical (unpaired) electrons. The summed E-state index contributed by atoms with van der Waals surface area (Å²) in [4.78, 5) is 0. The van der Waals surface area contributed by atoms with Gasteiger partial charge in [0.15, 0.2) is 0 Å². The molecule has 0 aliphatic heterocycles. The van der Waals surface area contributed by atoms with E-state index < -0.39 is 0 Å². The van der Waals surface area contributed by atoms with E-state index in [1.54, 1.807) is 0 Å². The van der Waals surface area contributed by atoms with Crippen LogP contribution in [0.2, 0.25) is 0 Å². The van der Waals surface area contributed by atoms with Crippen LogP contribution in [0.3, 0.4) is 0 Å². The first-order valence-electron chi connectivity index (χ1n) is 4.05. The second-order valence-electron chi connectivity index (χ2n) is 2.96. The van der Waals surface area contributed by atoms with E-state index in [-0.39, 0.29) is 0 Å². The lowest BCUT2D eigenvalue weighted by atomic mass is 10.2. The third kappa shape index (κ3) is 4.46. The number of hydrogen-bond acceptors (Lipinski definition) is 0. The van der Waals surface area contributed by atoms with Crippen LogP contribution in [-0.2, 0) is 0 Å². The van der Waals surface area contributed by atoms with Crippen molar-refractivity contribution < 1.29 is 5.32 Å². The van der Waals surface area contributed by atoms with Gasteiger partial charge in [-0.3, -0.25) is 0 Å². The lowest BCUT2D eigenvalue weighted by Gasteiger charge is -2.12. The smallest absolute Gasteiger partial charge is 0.0829 e. The molecule has 0 saturated heterocycles. The molecule has 0 amide bonds. The monoisotopic (exact) mass is 130 g/mol. The summed E-state index contributed by atoms with van der Waals surface area (Å²) in [5, 5.41) is 2.44. The zero-order valence-electron chi connectivity index (χ0n) is 7.15. The maximum atomic E-state index is 2.44. The Hall–Kier alpha value is -0.0400. The third-order valence-corrected chi connectivity index (χ3v) is 1.94. The summed E-state index contributed by atoms with van der Waals surface area (Å²) in [6.45, 7) is 9.05. The second kappa shape index (κ2) is 4.80. The highest BCUT2D eigenvalue weighted by Crippen LogP contribution is 1.84. The molecule has 1 nitrogen and oxygen atoms in total. The predicted molar refractivity (Wildman–Crippen MR) is 41.4 cm³/mol. The molecule has 9 heavy (non-hydrogen) atoms. The fourth-order valence-electron chi connectivity index (χ4n) is 0.833. The molecule has 0 spiro atoms. The fourth-order valence-corrected chi connectivity index (χ4v) is 0.833. The Morgan fingerprint density at radius 3 is 1.56 bits per heavy atom. The lowest BCUT2D eigenvalue weighted by Crippen LogP contribution is -2.93. The highest BCUT2D eigenvalue weighted by molar-refractivity contribution is 4.43. The van der Waals surface area contributed by atoms with E-state index in [4.69, 9.17) is 0 Å². The van der Waals surface area contributed by atoms with E-state index in [0.29, 0.717) is 0 Å². The first-order chi connectivity index (χ1) is 4.20. The SMILES string of the molecule is CCC(C)[NH2+]C(C)CC. The van der Waals surface area contributed by atoms with Crippen LogP contribution in [0.15, 0.2) is 0 Å². The van der Waals surface area contributed by atoms with Gasteiger partial charge >= 0.3 is 0 Å². The first-order valence-corrected chi connectivity index (χ1v) is 4.05. The van der Waals surface area contributed by atoms with Gasteiger partial charge in [0, 0.05) is 0 Å². The van der Waals surface area contributed by atoms with Crippen LogP contribution in [0, 0.1) is 0 Å². The summed E-state index contributed by atoms with van der Waals surface area (Å²) in [6, 6.07) is 1.61. The molecule has 0 aliphatic carbocycles. The van der Waals surface area contributed by atoms with Crippen LogP contribution in [-0.4, -0.2) is 12.1 Å². The predicted octanol–water partition coefficient (Wildman–Crippen LogP) is 1.15. The highest BCUT2D eigenvalue weighted by Gasteiger charge is 2.05. The van der Waals surface area contributed by atoms with Gasteiger partial charge in [0.05, 0.1) is 12.1 Å². The molecule has 0 aromatic carbocycles. The molecule has 2 unspecified atom stereocenters. The Morgan fingerprint density at radius 2 is 1.33 bits per heavy atom. The molecule has 56 valence electrons. The Morgan fingerprint density at radius 1 is 1.00 bits per heavy atom. The average molecular weight is 130 g/mol. The zero-order valence-corrected chi connectivity index (χ0v) is 7.15. The maximum Gasteiger partial charge on any atom is 0.0829 e. The molecule has 2 atom stereocenters. The number of rotatable bonds is 4.